The van der Waals surface area contributed by atoms with Gasteiger partial charge >= 0.3 is 6.03 Å². The molecule has 1 aromatic rings. The van der Waals surface area contributed by atoms with Gasteiger partial charge in [0, 0.05) is 50.4 Å². The molecule has 2 heterocycles. The summed E-state index contributed by atoms with van der Waals surface area (Å²) in [4.78, 5) is 29.8. The van der Waals surface area contributed by atoms with Crippen molar-refractivity contribution in [2.24, 2.45) is 17.8 Å². The third-order valence-electron chi connectivity index (χ3n) is 7.71. The number of amides is 3. The fourth-order valence-electron chi connectivity index (χ4n) is 6.17. The van der Waals surface area contributed by atoms with Gasteiger partial charge in [-0.15, -0.1) is 0 Å². The van der Waals surface area contributed by atoms with Gasteiger partial charge in [0.2, 0.25) is 5.91 Å². The summed E-state index contributed by atoms with van der Waals surface area (Å²) >= 11 is 0. The first kappa shape index (κ1) is 18.9. The number of carbonyl (C=O) groups is 2. The molecular weight excluding hydrogens is 364 g/mol. The standard InChI is InChI=1S/C23H32N4O2/c28-22(12-18-11-16-6-7-17(18)10-16)24-13-21-15-27(20-8-9-26(21)14-20)23(29)25-19-4-2-1-3-5-19/h1-5,16-18,20-21H,6-15H2,(H,24,28)(H,25,29)/t16-,17-,18-,20-,21+/m0/s1. The molecule has 29 heavy (non-hydrogen) atoms. The largest absolute Gasteiger partial charge is 0.354 e. The van der Waals surface area contributed by atoms with E-state index in [9.17, 15) is 9.59 Å². The quantitative estimate of drug-likeness (QED) is 0.804. The van der Waals surface area contributed by atoms with E-state index in [1.54, 1.807) is 0 Å². The van der Waals surface area contributed by atoms with Crippen LogP contribution >= 0.6 is 0 Å². The minimum absolute atomic E-state index is 0.0268. The first-order valence-electron chi connectivity index (χ1n) is 11.3. The van der Waals surface area contributed by atoms with Crippen molar-refractivity contribution in [1.82, 2.24) is 15.1 Å². The zero-order valence-electron chi connectivity index (χ0n) is 17.1. The SMILES string of the molecule is O=C(C[C@@H]1C[C@H]2CC[C@H]1C2)NC[C@@H]1CN(C(=O)Nc2ccccc2)[C@H]2CCN1C2. The lowest BCUT2D eigenvalue weighted by Gasteiger charge is -2.40. The van der Waals surface area contributed by atoms with Gasteiger partial charge < -0.3 is 15.5 Å². The maximum absolute atomic E-state index is 12.9. The van der Waals surface area contributed by atoms with Crippen molar-refractivity contribution in [2.75, 3.05) is 31.5 Å². The third-order valence-corrected chi connectivity index (χ3v) is 7.71. The third kappa shape index (κ3) is 4.00. The Hall–Kier alpha value is -2.08. The highest BCUT2D eigenvalue weighted by atomic mass is 16.2. The van der Waals surface area contributed by atoms with Crippen molar-refractivity contribution < 1.29 is 9.59 Å². The van der Waals surface area contributed by atoms with Crippen LogP contribution in [0.3, 0.4) is 0 Å². The van der Waals surface area contributed by atoms with Crippen molar-refractivity contribution in [1.29, 1.82) is 0 Å². The summed E-state index contributed by atoms with van der Waals surface area (Å²) in [5.74, 6) is 2.47. The summed E-state index contributed by atoms with van der Waals surface area (Å²) in [6, 6.07) is 10.1. The summed E-state index contributed by atoms with van der Waals surface area (Å²) in [5.41, 5.74) is 0.827. The fraction of sp³-hybridized carbons (Fsp3) is 0.652. The number of piperazine rings is 1. The molecular formula is C23H32N4O2. The fourth-order valence-corrected chi connectivity index (χ4v) is 6.17. The van der Waals surface area contributed by atoms with Crippen LogP contribution in [0, 0.1) is 17.8 Å². The number of urea groups is 1. The number of rotatable bonds is 5. The lowest BCUT2D eigenvalue weighted by molar-refractivity contribution is -0.122. The molecule has 2 aliphatic heterocycles. The first-order valence-corrected chi connectivity index (χ1v) is 11.3. The Morgan fingerprint density at radius 1 is 1.03 bits per heavy atom. The van der Waals surface area contributed by atoms with Crippen LogP contribution in [0.5, 0.6) is 0 Å². The van der Waals surface area contributed by atoms with E-state index in [1.807, 2.05) is 35.2 Å². The van der Waals surface area contributed by atoms with Crippen LogP contribution in [0.2, 0.25) is 0 Å². The van der Waals surface area contributed by atoms with E-state index in [4.69, 9.17) is 0 Å². The molecule has 2 aliphatic carbocycles. The van der Waals surface area contributed by atoms with Gasteiger partial charge in [0.05, 0.1) is 0 Å². The van der Waals surface area contributed by atoms with Gasteiger partial charge in [-0.1, -0.05) is 24.6 Å². The summed E-state index contributed by atoms with van der Waals surface area (Å²) in [7, 11) is 0. The van der Waals surface area contributed by atoms with E-state index in [-0.39, 0.29) is 24.0 Å². The molecule has 156 valence electrons. The van der Waals surface area contributed by atoms with Crippen LogP contribution < -0.4 is 10.6 Å². The van der Waals surface area contributed by atoms with E-state index in [0.717, 1.165) is 37.0 Å². The van der Waals surface area contributed by atoms with Crippen molar-refractivity contribution in [3.63, 3.8) is 0 Å². The van der Waals surface area contributed by atoms with Gasteiger partial charge in [-0.2, -0.15) is 0 Å². The molecule has 0 aromatic heterocycles. The minimum Gasteiger partial charge on any atom is -0.354 e. The molecule has 6 nitrogen and oxygen atoms in total. The molecule has 4 bridgehead atoms. The molecule has 2 N–H and O–H groups in total. The first-order chi connectivity index (χ1) is 14.2. The van der Waals surface area contributed by atoms with E-state index < -0.39 is 0 Å². The average molecular weight is 397 g/mol. The smallest absolute Gasteiger partial charge is 0.322 e. The molecule has 5 rings (SSSR count). The van der Waals surface area contributed by atoms with E-state index in [0.29, 0.717) is 25.4 Å². The molecule has 6 atom stereocenters. The van der Waals surface area contributed by atoms with Gasteiger partial charge in [-0.05, 0) is 55.6 Å². The number of carbonyl (C=O) groups excluding carboxylic acids is 2. The van der Waals surface area contributed by atoms with Crippen molar-refractivity contribution in [3.8, 4) is 0 Å². The molecule has 4 aliphatic rings. The van der Waals surface area contributed by atoms with Crippen LogP contribution in [-0.4, -0.2) is 60.0 Å². The second-order valence-electron chi connectivity index (χ2n) is 9.48. The maximum atomic E-state index is 12.9. The minimum atomic E-state index is -0.0268. The Morgan fingerprint density at radius 2 is 1.90 bits per heavy atom. The molecule has 0 radical (unpaired) electrons. The predicted octanol–water partition coefficient (Wildman–Crippen LogP) is 2.92. The van der Waals surface area contributed by atoms with Crippen LogP contribution in [0.15, 0.2) is 30.3 Å². The van der Waals surface area contributed by atoms with E-state index >= 15 is 0 Å². The Balaban J connectivity index is 1.14. The number of nitrogens with one attached hydrogen (secondary N) is 2. The number of benzene rings is 1. The number of hydrogen-bond donors (Lipinski definition) is 2. The molecule has 0 spiro atoms. The molecule has 3 amide bonds. The second kappa shape index (κ2) is 7.98. The predicted molar refractivity (Wildman–Crippen MR) is 112 cm³/mol. The monoisotopic (exact) mass is 396 g/mol. The summed E-state index contributed by atoms with van der Waals surface area (Å²) in [5, 5.41) is 6.22. The normalized spacial score (nSPS) is 35.0. The van der Waals surface area contributed by atoms with Crippen LogP contribution in [-0.2, 0) is 4.79 Å². The van der Waals surface area contributed by atoms with Crippen LogP contribution in [0.25, 0.3) is 0 Å². The zero-order chi connectivity index (χ0) is 19.8. The Labute approximate surface area is 173 Å². The molecule has 1 unspecified atom stereocenters. The van der Waals surface area contributed by atoms with Gasteiger partial charge in [-0.25, -0.2) is 4.79 Å². The molecule has 2 saturated heterocycles. The van der Waals surface area contributed by atoms with Gasteiger partial charge in [-0.3, -0.25) is 9.69 Å². The zero-order valence-corrected chi connectivity index (χ0v) is 17.1. The number of fused-ring (bicyclic) bond motifs is 4. The highest BCUT2D eigenvalue weighted by Gasteiger charge is 2.42. The number of anilines is 1. The highest BCUT2D eigenvalue weighted by molar-refractivity contribution is 5.89. The summed E-state index contributed by atoms with van der Waals surface area (Å²) in [6.07, 6.45) is 7.00. The summed E-state index contributed by atoms with van der Waals surface area (Å²) < 4.78 is 0. The van der Waals surface area contributed by atoms with Crippen molar-refractivity contribution in [3.05, 3.63) is 30.3 Å². The van der Waals surface area contributed by atoms with Gasteiger partial charge in [0.1, 0.15) is 0 Å². The lowest BCUT2D eigenvalue weighted by atomic mass is 9.86. The highest BCUT2D eigenvalue weighted by Crippen LogP contribution is 2.49. The Bertz CT molecular complexity index is 755. The number of nitrogens with zero attached hydrogens (tertiary/aromatic N) is 2. The van der Waals surface area contributed by atoms with E-state index in [1.165, 1.54) is 25.7 Å². The van der Waals surface area contributed by atoms with Crippen LogP contribution in [0.4, 0.5) is 10.5 Å². The molecule has 4 fully saturated rings. The molecule has 6 heteroatoms. The van der Waals surface area contributed by atoms with Crippen molar-refractivity contribution >= 4 is 17.6 Å². The topological polar surface area (TPSA) is 64.7 Å². The maximum Gasteiger partial charge on any atom is 0.322 e. The van der Waals surface area contributed by atoms with Gasteiger partial charge in [0.15, 0.2) is 0 Å². The lowest BCUT2D eigenvalue weighted by Crippen LogP contribution is -2.58. The number of para-hydroxylation sites is 1. The Kier molecular flexibility index (Phi) is 5.20. The van der Waals surface area contributed by atoms with Crippen molar-refractivity contribution in [2.45, 2.75) is 50.6 Å². The Morgan fingerprint density at radius 3 is 2.66 bits per heavy atom. The number of hydrogen-bond acceptors (Lipinski definition) is 3. The average Bonchev–Trinajstić information content (AvgIpc) is 3.45. The van der Waals surface area contributed by atoms with Crippen LogP contribution in [0.1, 0.15) is 38.5 Å². The molecule has 1 aromatic carbocycles. The second-order valence-corrected chi connectivity index (χ2v) is 9.48. The molecule has 2 saturated carbocycles. The van der Waals surface area contributed by atoms with Gasteiger partial charge in [0.25, 0.3) is 0 Å². The summed E-state index contributed by atoms with van der Waals surface area (Å²) in [6.45, 7) is 3.24. The van der Waals surface area contributed by atoms with E-state index in [2.05, 4.69) is 15.5 Å².